The van der Waals surface area contributed by atoms with Crippen molar-refractivity contribution in [2.45, 2.75) is 43.6 Å². The van der Waals surface area contributed by atoms with Crippen LogP contribution in [0.2, 0.25) is 0 Å². The maximum absolute atomic E-state index is 12.4. The topological polar surface area (TPSA) is 64.4 Å². The highest BCUT2D eigenvalue weighted by Crippen LogP contribution is 2.31. The van der Waals surface area contributed by atoms with Gasteiger partial charge in [-0.3, -0.25) is 4.79 Å². The SMILES string of the molecule is NC1(C(=O)NCC2CCCc3ccccc32)CCOCC1. The fourth-order valence-electron chi connectivity index (χ4n) is 3.42. The smallest absolute Gasteiger partial charge is 0.240 e. The minimum absolute atomic E-state index is 0.0196. The number of benzene rings is 1. The van der Waals surface area contributed by atoms with Gasteiger partial charge in [-0.25, -0.2) is 0 Å². The lowest BCUT2D eigenvalue weighted by Gasteiger charge is -2.33. The predicted octanol–water partition coefficient (Wildman–Crippen LogP) is 1.73. The van der Waals surface area contributed by atoms with Gasteiger partial charge in [-0.2, -0.15) is 0 Å². The summed E-state index contributed by atoms with van der Waals surface area (Å²) in [5, 5.41) is 3.08. The molecule has 2 aliphatic rings. The normalized spacial score (nSPS) is 24.1. The van der Waals surface area contributed by atoms with Gasteiger partial charge in [0.2, 0.25) is 5.91 Å². The van der Waals surface area contributed by atoms with E-state index in [1.54, 1.807) is 0 Å². The number of nitrogens with two attached hydrogens (primary N) is 1. The van der Waals surface area contributed by atoms with E-state index < -0.39 is 5.54 Å². The molecule has 0 spiro atoms. The Balaban J connectivity index is 1.62. The molecule has 1 heterocycles. The van der Waals surface area contributed by atoms with Crippen LogP contribution >= 0.6 is 0 Å². The highest BCUT2D eigenvalue weighted by atomic mass is 16.5. The fraction of sp³-hybridized carbons (Fsp3) is 0.588. The quantitative estimate of drug-likeness (QED) is 0.890. The minimum Gasteiger partial charge on any atom is -0.381 e. The van der Waals surface area contributed by atoms with Crippen molar-refractivity contribution in [3.63, 3.8) is 0 Å². The molecular weight excluding hydrogens is 264 g/mol. The first kappa shape index (κ1) is 14.5. The molecule has 0 radical (unpaired) electrons. The highest BCUT2D eigenvalue weighted by Gasteiger charge is 2.36. The molecule has 1 unspecified atom stereocenters. The van der Waals surface area contributed by atoms with Crippen LogP contribution in [0.25, 0.3) is 0 Å². The molecule has 3 rings (SSSR count). The van der Waals surface area contributed by atoms with Gasteiger partial charge in [0, 0.05) is 25.7 Å². The number of hydrogen-bond donors (Lipinski definition) is 2. The second-order valence-electron chi connectivity index (χ2n) is 6.27. The third-order valence-corrected chi connectivity index (χ3v) is 4.84. The van der Waals surface area contributed by atoms with Crippen LogP contribution in [0.1, 0.15) is 42.7 Å². The van der Waals surface area contributed by atoms with Crippen molar-refractivity contribution in [1.82, 2.24) is 5.32 Å². The number of amides is 1. The van der Waals surface area contributed by atoms with Gasteiger partial charge < -0.3 is 15.8 Å². The van der Waals surface area contributed by atoms with Crippen LogP contribution < -0.4 is 11.1 Å². The third-order valence-electron chi connectivity index (χ3n) is 4.84. The van der Waals surface area contributed by atoms with Crippen molar-refractivity contribution in [2.24, 2.45) is 5.73 Å². The Hall–Kier alpha value is -1.39. The molecule has 0 bridgehead atoms. The summed E-state index contributed by atoms with van der Waals surface area (Å²) in [5.74, 6) is 0.399. The summed E-state index contributed by atoms with van der Waals surface area (Å²) in [6.45, 7) is 1.85. The molecule has 1 amide bonds. The van der Waals surface area contributed by atoms with Gasteiger partial charge in [0.25, 0.3) is 0 Å². The molecule has 3 N–H and O–H groups in total. The first-order chi connectivity index (χ1) is 10.2. The Morgan fingerprint density at radius 1 is 1.33 bits per heavy atom. The number of rotatable bonds is 3. The number of hydrogen-bond acceptors (Lipinski definition) is 3. The molecular formula is C17H24N2O2. The molecule has 4 heteroatoms. The summed E-state index contributed by atoms with van der Waals surface area (Å²) in [4.78, 5) is 12.4. The standard InChI is InChI=1S/C17H24N2O2/c18-17(8-10-21-11-9-17)16(20)19-12-14-6-3-5-13-4-1-2-7-15(13)14/h1-2,4,7,14H,3,5-6,8-12,18H2,(H,19,20). The molecule has 4 nitrogen and oxygen atoms in total. The number of carbonyl (C=O) groups excluding carboxylic acids is 1. The summed E-state index contributed by atoms with van der Waals surface area (Å²) in [5.41, 5.74) is 8.30. The lowest BCUT2D eigenvalue weighted by atomic mass is 9.82. The number of nitrogens with one attached hydrogen (secondary N) is 1. The summed E-state index contributed by atoms with van der Waals surface area (Å²) >= 11 is 0. The van der Waals surface area contributed by atoms with Crippen molar-refractivity contribution in [1.29, 1.82) is 0 Å². The Morgan fingerprint density at radius 3 is 2.90 bits per heavy atom. The van der Waals surface area contributed by atoms with Gasteiger partial charge in [-0.05, 0) is 43.2 Å². The molecule has 21 heavy (non-hydrogen) atoms. The van der Waals surface area contributed by atoms with E-state index in [4.69, 9.17) is 10.5 Å². The van der Waals surface area contributed by atoms with E-state index in [0.29, 0.717) is 38.5 Å². The van der Waals surface area contributed by atoms with E-state index >= 15 is 0 Å². The van der Waals surface area contributed by atoms with Crippen LogP contribution in [-0.2, 0) is 16.0 Å². The second-order valence-corrected chi connectivity index (χ2v) is 6.27. The van der Waals surface area contributed by atoms with Crippen molar-refractivity contribution in [3.8, 4) is 0 Å². The zero-order chi connectivity index (χ0) is 14.7. The summed E-state index contributed by atoms with van der Waals surface area (Å²) in [7, 11) is 0. The minimum atomic E-state index is -0.744. The molecule has 1 aliphatic carbocycles. The first-order valence-corrected chi connectivity index (χ1v) is 7.92. The van der Waals surface area contributed by atoms with Crippen LogP contribution in [-0.4, -0.2) is 31.2 Å². The Bertz CT molecular complexity index is 509. The molecule has 0 saturated carbocycles. The molecule has 1 aromatic rings. The zero-order valence-electron chi connectivity index (χ0n) is 12.4. The van der Waals surface area contributed by atoms with Gasteiger partial charge in [-0.15, -0.1) is 0 Å². The van der Waals surface area contributed by atoms with Crippen molar-refractivity contribution in [2.75, 3.05) is 19.8 Å². The van der Waals surface area contributed by atoms with Gasteiger partial charge in [0.1, 0.15) is 0 Å². The van der Waals surface area contributed by atoms with Crippen molar-refractivity contribution >= 4 is 5.91 Å². The monoisotopic (exact) mass is 288 g/mol. The molecule has 1 atom stereocenters. The van der Waals surface area contributed by atoms with Crippen molar-refractivity contribution in [3.05, 3.63) is 35.4 Å². The summed E-state index contributed by atoms with van der Waals surface area (Å²) < 4.78 is 5.30. The summed E-state index contributed by atoms with van der Waals surface area (Å²) in [6.07, 6.45) is 4.70. The number of carbonyl (C=O) groups is 1. The highest BCUT2D eigenvalue weighted by molar-refractivity contribution is 5.86. The largest absolute Gasteiger partial charge is 0.381 e. The average Bonchev–Trinajstić information content (AvgIpc) is 2.53. The van der Waals surface area contributed by atoms with Crippen LogP contribution in [0, 0.1) is 0 Å². The average molecular weight is 288 g/mol. The fourth-order valence-corrected chi connectivity index (χ4v) is 3.42. The predicted molar refractivity (Wildman–Crippen MR) is 82.1 cm³/mol. The van der Waals surface area contributed by atoms with Crippen molar-refractivity contribution < 1.29 is 9.53 Å². The molecule has 0 aromatic heterocycles. The number of fused-ring (bicyclic) bond motifs is 1. The molecule has 1 fully saturated rings. The lowest BCUT2D eigenvalue weighted by molar-refractivity contribution is -0.129. The number of ether oxygens (including phenoxy) is 1. The van der Waals surface area contributed by atoms with Crippen LogP contribution in [0.5, 0.6) is 0 Å². The van der Waals surface area contributed by atoms with Gasteiger partial charge in [0.15, 0.2) is 0 Å². The molecule has 1 aromatic carbocycles. The van der Waals surface area contributed by atoms with Crippen LogP contribution in [0.4, 0.5) is 0 Å². The zero-order valence-corrected chi connectivity index (χ0v) is 12.4. The molecule has 1 aliphatic heterocycles. The Kier molecular flexibility index (Phi) is 4.27. The van der Waals surface area contributed by atoms with Crippen LogP contribution in [0.15, 0.2) is 24.3 Å². The third kappa shape index (κ3) is 3.11. The van der Waals surface area contributed by atoms with E-state index in [9.17, 15) is 4.79 Å². The number of aryl methyl sites for hydroxylation is 1. The lowest BCUT2D eigenvalue weighted by Crippen LogP contribution is -2.57. The maximum Gasteiger partial charge on any atom is 0.240 e. The van der Waals surface area contributed by atoms with E-state index in [1.165, 1.54) is 17.5 Å². The first-order valence-electron chi connectivity index (χ1n) is 7.92. The summed E-state index contributed by atoms with van der Waals surface area (Å²) in [6, 6.07) is 8.57. The van der Waals surface area contributed by atoms with Gasteiger partial charge in [0.05, 0.1) is 5.54 Å². The van der Waals surface area contributed by atoms with Crippen LogP contribution in [0.3, 0.4) is 0 Å². The van der Waals surface area contributed by atoms with E-state index in [1.807, 2.05) is 0 Å². The molecule has 1 saturated heterocycles. The maximum atomic E-state index is 12.4. The second kappa shape index (κ2) is 6.16. The van der Waals surface area contributed by atoms with E-state index in [0.717, 1.165) is 12.8 Å². The van der Waals surface area contributed by atoms with Gasteiger partial charge >= 0.3 is 0 Å². The van der Waals surface area contributed by atoms with E-state index in [-0.39, 0.29) is 5.91 Å². The Labute approximate surface area is 126 Å². The van der Waals surface area contributed by atoms with Gasteiger partial charge in [-0.1, -0.05) is 24.3 Å². The Morgan fingerprint density at radius 2 is 2.10 bits per heavy atom. The van der Waals surface area contributed by atoms with E-state index in [2.05, 4.69) is 29.6 Å². The molecule has 114 valence electrons.